The molecule has 0 spiro atoms. The smallest absolute Gasteiger partial charge is 0.442 e. The summed E-state index contributed by atoms with van der Waals surface area (Å²) in [6.07, 6.45) is 3.28. The molecule has 0 amide bonds. The normalized spacial score (nSPS) is 12.0. The Bertz CT molecular complexity index is 1120. The van der Waals surface area contributed by atoms with Crippen LogP contribution >= 0.6 is 0 Å². The fourth-order valence-electron chi connectivity index (χ4n) is 2.71. The summed E-state index contributed by atoms with van der Waals surface area (Å²) in [5.41, 5.74) is 0.194. The first kappa shape index (κ1) is 22.2. The highest BCUT2D eigenvalue weighted by Crippen LogP contribution is 2.34. The van der Waals surface area contributed by atoms with E-state index in [1.54, 1.807) is 73.0 Å². The second-order valence-electron chi connectivity index (χ2n) is 9.03. The van der Waals surface area contributed by atoms with Crippen LogP contribution in [0.2, 0.25) is 0 Å². The first-order valence-electron chi connectivity index (χ1n) is 9.77. The molecule has 31 heavy (non-hydrogen) atoms. The van der Waals surface area contributed by atoms with Crippen LogP contribution in [0.5, 0.6) is 5.75 Å². The molecule has 3 rings (SSSR count). The van der Waals surface area contributed by atoms with Gasteiger partial charge in [0.1, 0.15) is 22.8 Å². The van der Waals surface area contributed by atoms with Crippen molar-refractivity contribution in [2.24, 2.45) is 0 Å². The zero-order valence-electron chi connectivity index (χ0n) is 18.7. The Morgan fingerprint density at radius 2 is 1.52 bits per heavy atom. The Labute approximate surface area is 180 Å². The Morgan fingerprint density at radius 3 is 2.10 bits per heavy atom. The first-order chi connectivity index (χ1) is 14.3. The molecule has 0 aliphatic heterocycles. The van der Waals surface area contributed by atoms with Gasteiger partial charge in [-0.05, 0) is 54.5 Å². The molecule has 0 saturated carbocycles. The SMILES string of the molecule is Cc1ncc(-c2cc3cnn(C(=O)OC(C)(C)C)c3cc2OC(=O)OC(C)(C)C)cn1. The van der Waals surface area contributed by atoms with E-state index in [2.05, 4.69) is 15.1 Å². The lowest BCUT2D eigenvalue weighted by Crippen LogP contribution is -2.27. The van der Waals surface area contributed by atoms with Gasteiger partial charge in [0.05, 0.1) is 11.7 Å². The third kappa shape index (κ3) is 5.56. The summed E-state index contributed by atoms with van der Waals surface area (Å²) in [6.45, 7) is 12.3. The number of carbonyl (C=O) groups is 2. The molecule has 0 atom stereocenters. The minimum Gasteiger partial charge on any atom is -0.442 e. The van der Waals surface area contributed by atoms with Gasteiger partial charge in [-0.15, -0.1) is 0 Å². The van der Waals surface area contributed by atoms with Crippen molar-refractivity contribution >= 4 is 23.2 Å². The van der Waals surface area contributed by atoms with Gasteiger partial charge < -0.3 is 14.2 Å². The van der Waals surface area contributed by atoms with Crippen LogP contribution in [0.3, 0.4) is 0 Å². The van der Waals surface area contributed by atoms with Crippen molar-refractivity contribution in [3.63, 3.8) is 0 Å². The molecule has 0 N–H and O–H groups in total. The lowest BCUT2D eigenvalue weighted by molar-refractivity contribution is 0.0207. The van der Waals surface area contributed by atoms with Crippen molar-refractivity contribution in [3.05, 3.63) is 36.5 Å². The summed E-state index contributed by atoms with van der Waals surface area (Å²) in [7, 11) is 0. The molecule has 0 aliphatic carbocycles. The highest BCUT2D eigenvalue weighted by Gasteiger charge is 2.24. The lowest BCUT2D eigenvalue weighted by atomic mass is 10.1. The number of carbonyl (C=O) groups excluding carboxylic acids is 2. The standard InChI is InChI=1S/C22H26N4O5/c1-13-23-10-15(11-24-13)16-8-14-12-25-26(19(27)30-21(2,3)4)17(14)9-18(16)29-20(28)31-22(5,6)7/h8-12H,1-7H3. The molecule has 164 valence electrons. The number of nitrogens with zero attached hydrogens (tertiary/aromatic N) is 4. The average Bonchev–Trinajstić information content (AvgIpc) is 3.01. The van der Waals surface area contributed by atoms with E-state index in [-0.39, 0.29) is 5.75 Å². The summed E-state index contributed by atoms with van der Waals surface area (Å²) in [6, 6.07) is 3.29. The highest BCUT2D eigenvalue weighted by molar-refractivity contribution is 5.93. The molecule has 0 bridgehead atoms. The van der Waals surface area contributed by atoms with E-state index >= 15 is 0 Å². The molecule has 0 unspecified atom stereocenters. The zero-order valence-corrected chi connectivity index (χ0v) is 18.7. The summed E-state index contributed by atoms with van der Waals surface area (Å²) in [5, 5.41) is 4.80. The predicted molar refractivity (Wildman–Crippen MR) is 114 cm³/mol. The van der Waals surface area contributed by atoms with Gasteiger partial charge in [-0.1, -0.05) is 0 Å². The van der Waals surface area contributed by atoms with Crippen molar-refractivity contribution in [1.29, 1.82) is 0 Å². The Morgan fingerprint density at radius 1 is 0.903 bits per heavy atom. The number of ether oxygens (including phenoxy) is 3. The van der Waals surface area contributed by atoms with Crippen LogP contribution in [0.1, 0.15) is 47.4 Å². The minimum absolute atomic E-state index is 0.180. The molecule has 9 nitrogen and oxygen atoms in total. The highest BCUT2D eigenvalue weighted by atomic mass is 16.7. The maximum atomic E-state index is 12.6. The Hall–Kier alpha value is -3.49. The van der Waals surface area contributed by atoms with Gasteiger partial charge in [0, 0.05) is 35.0 Å². The monoisotopic (exact) mass is 426 g/mol. The van der Waals surface area contributed by atoms with E-state index in [0.717, 1.165) is 4.68 Å². The maximum absolute atomic E-state index is 12.6. The van der Waals surface area contributed by atoms with E-state index < -0.39 is 23.5 Å². The molecule has 2 heterocycles. The molecular formula is C22H26N4O5. The van der Waals surface area contributed by atoms with Crippen LogP contribution in [0.25, 0.3) is 22.0 Å². The van der Waals surface area contributed by atoms with E-state index in [0.29, 0.717) is 27.9 Å². The molecule has 0 aliphatic rings. The minimum atomic E-state index is -0.871. The van der Waals surface area contributed by atoms with Gasteiger partial charge in [-0.25, -0.2) is 19.6 Å². The molecule has 3 aromatic rings. The van der Waals surface area contributed by atoms with Crippen LogP contribution in [0, 0.1) is 6.92 Å². The fraction of sp³-hybridized carbons (Fsp3) is 0.409. The van der Waals surface area contributed by atoms with Crippen LogP contribution in [-0.2, 0) is 9.47 Å². The molecule has 0 radical (unpaired) electrons. The third-order valence-electron chi connectivity index (χ3n) is 3.91. The van der Waals surface area contributed by atoms with Gasteiger partial charge in [0.15, 0.2) is 0 Å². The van der Waals surface area contributed by atoms with Crippen molar-refractivity contribution in [1.82, 2.24) is 19.7 Å². The van der Waals surface area contributed by atoms with E-state index in [1.807, 2.05) is 0 Å². The average molecular weight is 426 g/mol. The number of rotatable bonds is 2. The second-order valence-corrected chi connectivity index (χ2v) is 9.03. The predicted octanol–water partition coefficient (Wildman–Crippen LogP) is 4.90. The van der Waals surface area contributed by atoms with E-state index in [1.165, 1.54) is 6.20 Å². The quantitative estimate of drug-likeness (QED) is 0.421. The Kier molecular flexibility index (Phi) is 5.71. The molecule has 9 heteroatoms. The zero-order chi connectivity index (χ0) is 23.0. The number of benzene rings is 1. The van der Waals surface area contributed by atoms with Gasteiger partial charge in [0.25, 0.3) is 0 Å². The number of aromatic nitrogens is 4. The van der Waals surface area contributed by atoms with Crippen LogP contribution < -0.4 is 4.74 Å². The lowest BCUT2D eigenvalue weighted by Gasteiger charge is -2.20. The van der Waals surface area contributed by atoms with Crippen LogP contribution in [0.4, 0.5) is 9.59 Å². The largest absolute Gasteiger partial charge is 0.514 e. The van der Waals surface area contributed by atoms with Gasteiger partial charge in [0.2, 0.25) is 0 Å². The van der Waals surface area contributed by atoms with Crippen molar-refractivity contribution in [2.45, 2.75) is 59.7 Å². The maximum Gasteiger partial charge on any atom is 0.514 e. The molecule has 0 fully saturated rings. The van der Waals surface area contributed by atoms with E-state index in [4.69, 9.17) is 14.2 Å². The summed E-state index contributed by atoms with van der Waals surface area (Å²) < 4.78 is 17.3. The fourth-order valence-corrected chi connectivity index (χ4v) is 2.71. The van der Waals surface area contributed by atoms with Crippen molar-refractivity contribution in [2.75, 3.05) is 0 Å². The topological polar surface area (TPSA) is 105 Å². The van der Waals surface area contributed by atoms with Gasteiger partial charge in [-0.2, -0.15) is 9.78 Å². The number of aryl methyl sites for hydroxylation is 1. The second kappa shape index (κ2) is 7.98. The van der Waals surface area contributed by atoms with Crippen molar-refractivity contribution < 1.29 is 23.8 Å². The Balaban J connectivity index is 2.10. The first-order valence-corrected chi connectivity index (χ1v) is 9.77. The summed E-state index contributed by atoms with van der Waals surface area (Å²) in [4.78, 5) is 33.4. The number of hydrogen-bond acceptors (Lipinski definition) is 8. The van der Waals surface area contributed by atoms with Gasteiger partial charge >= 0.3 is 12.2 Å². The van der Waals surface area contributed by atoms with E-state index in [9.17, 15) is 9.59 Å². The van der Waals surface area contributed by atoms with Crippen LogP contribution in [-0.4, -0.2) is 43.2 Å². The number of hydrogen-bond donors (Lipinski definition) is 0. The van der Waals surface area contributed by atoms with Gasteiger partial charge in [-0.3, -0.25) is 0 Å². The molecule has 2 aromatic heterocycles. The molecule has 0 saturated heterocycles. The van der Waals surface area contributed by atoms with Crippen LogP contribution in [0.15, 0.2) is 30.7 Å². The van der Waals surface area contributed by atoms with Crippen molar-refractivity contribution in [3.8, 4) is 16.9 Å². The third-order valence-corrected chi connectivity index (χ3v) is 3.91. The molecule has 1 aromatic carbocycles. The summed E-state index contributed by atoms with van der Waals surface area (Å²) >= 11 is 0. The number of fused-ring (bicyclic) bond motifs is 1. The summed E-state index contributed by atoms with van der Waals surface area (Å²) in [5.74, 6) is 0.789. The molecular weight excluding hydrogens is 400 g/mol.